The van der Waals surface area contributed by atoms with Gasteiger partial charge in [-0.1, -0.05) is 20.3 Å². The fraction of sp³-hybridized carbons (Fsp3) is 0.900. The summed E-state index contributed by atoms with van der Waals surface area (Å²) in [5.41, 5.74) is 0.414. The van der Waals surface area contributed by atoms with Crippen LogP contribution in [-0.4, -0.2) is 23.5 Å². The number of rotatable bonds is 7. The van der Waals surface area contributed by atoms with Gasteiger partial charge in [-0.15, -0.1) is 0 Å². The highest BCUT2D eigenvalue weighted by molar-refractivity contribution is 5.77. The zero-order valence-corrected chi connectivity index (χ0v) is 15.4. The molecule has 0 aromatic heterocycles. The summed E-state index contributed by atoms with van der Waals surface area (Å²) in [6.45, 7) is 4.46. The molecule has 0 heterocycles. The van der Waals surface area contributed by atoms with Crippen molar-refractivity contribution < 1.29 is 14.4 Å². The lowest BCUT2D eigenvalue weighted by atomic mass is 9.49. The Morgan fingerprint density at radius 2 is 1.62 bits per heavy atom. The predicted molar refractivity (Wildman–Crippen MR) is 92.8 cm³/mol. The number of nitrogens with zero attached hydrogens (tertiary/aromatic N) is 1. The summed E-state index contributed by atoms with van der Waals surface area (Å²) in [4.78, 5) is 29.5. The van der Waals surface area contributed by atoms with E-state index in [-0.39, 0.29) is 11.9 Å². The molecule has 4 saturated carbocycles. The van der Waals surface area contributed by atoms with Gasteiger partial charge in [0.1, 0.15) is 0 Å². The minimum absolute atomic E-state index is 0.0652. The lowest BCUT2D eigenvalue weighted by molar-refractivity contribution is -0.201. The number of unbranched alkanes of at least 4 members (excludes halogenated alkanes) is 1. The minimum Gasteiger partial charge on any atom is -0.338 e. The number of hydroxylamine groups is 2. The molecule has 136 valence electrons. The van der Waals surface area contributed by atoms with Crippen molar-refractivity contribution in [3.8, 4) is 0 Å². The van der Waals surface area contributed by atoms with E-state index in [2.05, 4.69) is 6.92 Å². The van der Waals surface area contributed by atoms with E-state index in [4.69, 9.17) is 4.84 Å². The molecule has 0 N–H and O–H groups in total. The second-order valence-corrected chi connectivity index (χ2v) is 8.58. The molecular weight excluding hydrogens is 302 g/mol. The molecule has 4 rings (SSSR count). The van der Waals surface area contributed by atoms with E-state index in [0.717, 1.165) is 37.0 Å². The monoisotopic (exact) mass is 335 g/mol. The summed E-state index contributed by atoms with van der Waals surface area (Å²) >= 11 is 0. The van der Waals surface area contributed by atoms with Crippen molar-refractivity contribution in [2.24, 2.45) is 23.2 Å². The van der Waals surface area contributed by atoms with Crippen molar-refractivity contribution in [3.63, 3.8) is 0 Å². The number of amides is 1. The molecule has 0 saturated heterocycles. The Morgan fingerprint density at radius 1 is 1.04 bits per heavy atom. The van der Waals surface area contributed by atoms with Gasteiger partial charge >= 0.3 is 5.97 Å². The molecular formula is C20H33NO3. The van der Waals surface area contributed by atoms with Gasteiger partial charge in [-0.3, -0.25) is 4.79 Å². The maximum absolute atomic E-state index is 12.2. The van der Waals surface area contributed by atoms with Crippen molar-refractivity contribution in [2.75, 3.05) is 6.54 Å². The second-order valence-electron chi connectivity index (χ2n) is 8.58. The predicted octanol–water partition coefficient (Wildman–Crippen LogP) is 4.48. The summed E-state index contributed by atoms with van der Waals surface area (Å²) in [5, 5.41) is 1.37. The third kappa shape index (κ3) is 3.94. The van der Waals surface area contributed by atoms with Crippen molar-refractivity contribution in [3.05, 3.63) is 0 Å². The summed E-state index contributed by atoms with van der Waals surface area (Å²) in [6.07, 6.45) is 11.9. The van der Waals surface area contributed by atoms with E-state index in [9.17, 15) is 9.59 Å². The summed E-state index contributed by atoms with van der Waals surface area (Å²) in [7, 11) is 0. The molecule has 0 unspecified atom stereocenters. The Hall–Kier alpha value is -1.06. The van der Waals surface area contributed by atoms with Gasteiger partial charge in [0.25, 0.3) is 5.91 Å². The first-order chi connectivity index (χ1) is 11.5. The Labute approximate surface area is 146 Å². The van der Waals surface area contributed by atoms with E-state index in [1.54, 1.807) is 0 Å². The van der Waals surface area contributed by atoms with Gasteiger partial charge in [0.15, 0.2) is 0 Å². The number of carbonyl (C=O) groups is 2. The molecule has 0 radical (unpaired) electrons. The molecule has 0 aromatic carbocycles. The molecule has 4 bridgehead atoms. The van der Waals surface area contributed by atoms with Crippen molar-refractivity contribution in [2.45, 2.75) is 84.5 Å². The lowest BCUT2D eigenvalue weighted by Crippen LogP contribution is -2.47. The molecule has 1 amide bonds. The highest BCUT2D eigenvalue weighted by atomic mass is 16.7. The largest absolute Gasteiger partial charge is 0.338 e. The van der Waals surface area contributed by atoms with E-state index in [0.29, 0.717) is 24.8 Å². The summed E-state index contributed by atoms with van der Waals surface area (Å²) < 4.78 is 0. The van der Waals surface area contributed by atoms with Gasteiger partial charge in [-0.2, -0.15) is 5.06 Å². The number of hydrogen-bond acceptors (Lipinski definition) is 3. The van der Waals surface area contributed by atoms with Gasteiger partial charge < -0.3 is 4.84 Å². The molecule has 0 spiro atoms. The van der Waals surface area contributed by atoms with Gasteiger partial charge in [0.05, 0.1) is 6.54 Å². The zero-order chi connectivity index (χ0) is 17.2. The lowest BCUT2D eigenvalue weighted by Gasteiger charge is -2.57. The number of hydrogen-bond donors (Lipinski definition) is 0. The Morgan fingerprint density at radius 3 is 2.12 bits per heavy atom. The standard InChI is InChI=1S/C20H33NO3/c1-3-5-6-19(23)24-21(18(22)4-2)8-7-20-12-15-9-16(13-20)11-17(10-15)14-20/h15-17H,3-14H2,1-2H3. The fourth-order valence-electron chi connectivity index (χ4n) is 5.82. The Kier molecular flexibility index (Phi) is 5.51. The topological polar surface area (TPSA) is 46.6 Å². The Bertz CT molecular complexity index is 438. The normalized spacial score (nSPS) is 33.5. The molecule has 4 fully saturated rings. The van der Waals surface area contributed by atoms with Gasteiger partial charge in [0, 0.05) is 12.8 Å². The Balaban J connectivity index is 1.57. The van der Waals surface area contributed by atoms with Gasteiger partial charge in [-0.25, -0.2) is 4.79 Å². The average molecular weight is 335 g/mol. The quantitative estimate of drug-likeness (QED) is 0.644. The SMILES string of the molecule is CCCCC(=O)ON(CCC12CC3CC(CC(C3)C1)C2)C(=O)CC. The first kappa shape index (κ1) is 17.8. The maximum Gasteiger partial charge on any atom is 0.332 e. The third-order valence-electron chi connectivity index (χ3n) is 6.54. The van der Waals surface area contributed by atoms with Crippen LogP contribution in [0.25, 0.3) is 0 Å². The van der Waals surface area contributed by atoms with Crippen LogP contribution >= 0.6 is 0 Å². The second kappa shape index (κ2) is 7.45. The van der Waals surface area contributed by atoms with Gasteiger partial charge in [-0.05, 0) is 74.5 Å². The van der Waals surface area contributed by atoms with Gasteiger partial charge in [0.2, 0.25) is 0 Å². The summed E-state index contributed by atoms with van der Waals surface area (Å²) in [6, 6.07) is 0. The van der Waals surface area contributed by atoms with E-state index in [1.807, 2.05) is 6.92 Å². The van der Waals surface area contributed by atoms with Crippen molar-refractivity contribution in [1.82, 2.24) is 5.06 Å². The highest BCUT2D eigenvalue weighted by Gasteiger charge is 2.50. The van der Waals surface area contributed by atoms with E-state index in [1.165, 1.54) is 43.6 Å². The molecule has 4 heteroatoms. The molecule has 4 aliphatic rings. The summed E-state index contributed by atoms with van der Waals surface area (Å²) in [5.74, 6) is 2.42. The van der Waals surface area contributed by atoms with Crippen LogP contribution in [0.1, 0.15) is 84.5 Å². The molecule has 4 nitrogen and oxygen atoms in total. The molecule has 24 heavy (non-hydrogen) atoms. The molecule has 0 atom stereocenters. The number of carbonyl (C=O) groups excluding carboxylic acids is 2. The third-order valence-corrected chi connectivity index (χ3v) is 6.54. The minimum atomic E-state index is -0.260. The van der Waals surface area contributed by atoms with E-state index >= 15 is 0 Å². The van der Waals surface area contributed by atoms with Crippen molar-refractivity contribution >= 4 is 11.9 Å². The first-order valence-electron chi connectivity index (χ1n) is 10.0. The molecule has 0 aliphatic heterocycles. The van der Waals surface area contributed by atoms with Crippen LogP contribution < -0.4 is 0 Å². The zero-order valence-electron chi connectivity index (χ0n) is 15.4. The maximum atomic E-state index is 12.2. The van der Waals surface area contributed by atoms with Crippen LogP contribution in [-0.2, 0) is 14.4 Å². The fourth-order valence-corrected chi connectivity index (χ4v) is 5.82. The van der Waals surface area contributed by atoms with Crippen LogP contribution in [0.4, 0.5) is 0 Å². The molecule has 4 aliphatic carbocycles. The van der Waals surface area contributed by atoms with Crippen LogP contribution in [0.2, 0.25) is 0 Å². The molecule has 0 aromatic rings. The first-order valence-corrected chi connectivity index (χ1v) is 10.0. The smallest absolute Gasteiger partial charge is 0.332 e. The van der Waals surface area contributed by atoms with Crippen molar-refractivity contribution in [1.29, 1.82) is 0 Å². The van der Waals surface area contributed by atoms with Crippen LogP contribution in [0, 0.1) is 23.2 Å². The van der Waals surface area contributed by atoms with Crippen LogP contribution in [0.5, 0.6) is 0 Å². The van der Waals surface area contributed by atoms with E-state index < -0.39 is 0 Å². The average Bonchev–Trinajstić information content (AvgIpc) is 2.54. The van der Waals surface area contributed by atoms with Crippen LogP contribution in [0.3, 0.4) is 0 Å². The highest BCUT2D eigenvalue weighted by Crippen LogP contribution is 2.61. The van der Waals surface area contributed by atoms with Crippen LogP contribution in [0.15, 0.2) is 0 Å².